The fourth-order valence-electron chi connectivity index (χ4n) is 0.664. The molecule has 0 amide bonds. The number of allylic oxidation sites excluding steroid dienone is 1. The van der Waals surface area contributed by atoms with E-state index in [0.29, 0.717) is 12.3 Å². The van der Waals surface area contributed by atoms with Crippen LogP contribution in [0, 0.1) is 6.92 Å². The van der Waals surface area contributed by atoms with Gasteiger partial charge in [-0.2, -0.15) is 0 Å². The summed E-state index contributed by atoms with van der Waals surface area (Å²) in [6, 6.07) is 0. The SMILES string of the molecule is [CH2]CC1=CC(N)=NN(N)N1. The third-order valence-electron chi connectivity index (χ3n) is 1.07. The molecular formula is C5H10N5. The second-order valence-corrected chi connectivity index (χ2v) is 1.90. The molecule has 5 heteroatoms. The molecule has 0 spiro atoms. The highest BCUT2D eigenvalue weighted by molar-refractivity contribution is 5.92. The number of amidine groups is 1. The van der Waals surface area contributed by atoms with Crippen molar-refractivity contribution in [3.05, 3.63) is 18.7 Å². The van der Waals surface area contributed by atoms with E-state index in [1.54, 1.807) is 6.08 Å². The van der Waals surface area contributed by atoms with Crippen LogP contribution in [0.2, 0.25) is 0 Å². The van der Waals surface area contributed by atoms with Gasteiger partial charge in [-0.05, 0) is 13.3 Å². The molecule has 1 heterocycles. The Morgan fingerprint density at radius 2 is 2.50 bits per heavy atom. The molecule has 0 aromatic heterocycles. The van der Waals surface area contributed by atoms with E-state index in [9.17, 15) is 0 Å². The second-order valence-electron chi connectivity index (χ2n) is 1.90. The Balaban J connectivity index is 2.70. The number of hydrogen-bond acceptors (Lipinski definition) is 5. The summed E-state index contributed by atoms with van der Waals surface area (Å²) in [6.07, 6.45) is 2.31. The van der Waals surface area contributed by atoms with Crippen molar-refractivity contribution in [2.45, 2.75) is 6.42 Å². The number of hydrazone groups is 1. The van der Waals surface area contributed by atoms with Crippen molar-refractivity contribution < 1.29 is 0 Å². The number of nitrogens with zero attached hydrogens (tertiary/aromatic N) is 2. The van der Waals surface area contributed by atoms with Crippen molar-refractivity contribution in [2.75, 3.05) is 0 Å². The Hall–Kier alpha value is -1.23. The first kappa shape index (κ1) is 6.88. The highest BCUT2D eigenvalue weighted by Gasteiger charge is 2.04. The predicted octanol–water partition coefficient (Wildman–Crippen LogP) is -0.939. The fourth-order valence-corrected chi connectivity index (χ4v) is 0.664. The van der Waals surface area contributed by atoms with Gasteiger partial charge in [-0.25, -0.2) is 5.84 Å². The maximum atomic E-state index is 5.38. The number of nitrogens with two attached hydrogens (primary N) is 2. The predicted molar refractivity (Wildman–Crippen MR) is 38.8 cm³/mol. The smallest absolute Gasteiger partial charge is 0.148 e. The third kappa shape index (κ3) is 1.38. The monoisotopic (exact) mass is 140 g/mol. The lowest BCUT2D eigenvalue weighted by atomic mass is 10.3. The van der Waals surface area contributed by atoms with E-state index in [-0.39, 0.29) is 0 Å². The molecule has 1 aliphatic rings. The highest BCUT2D eigenvalue weighted by Crippen LogP contribution is 1.99. The summed E-state index contributed by atoms with van der Waals surface area (Å²) in [5, 5.41) is 4.74. The molecule has 0 aromatic rings. The summed E-state index contributed by atoms with van der Waals surface area (Å²) < 4.78 is 0. The van der Waals surface area contributed by atoms with Gasteiger partial charge in [0.1, 0.15) is 5.84 Å². The van der Waals surface area contributed by atoms with Gasteiger partial charge in [0.15, 0.2) is 0 Å². The van der Waals surface area contributed by atoms with Gasteiger partial charge in [-0.3, -0.25) is 5.43 Å². The van der Waals surface area contributed by atoms with E-state index in [0.717, 1.165) is 10.9 Å². The normalized spacial score (nSPS) is 17.6. The van der Waals surface area contributed by atoms with Crippen LogP contribution in [-0.4, -0.2) is 11.1 Å². The van der Waals surface area contributed by atoms with Gasteiger partial charge < -0.3 is 5.73 Å². The molecule has 0 bridgehead atoms. The summed E-state index contributed by atoms with van der Waals surface area (Å²) in [5.41, 5.74) is 8.97. The van der Waals surface area contributed by atoms with Crippen LogP contribution in [0.25, 0.3) is 0 Å². The summed E-state index contributed by atoms with van der Waals surface area (Å²) in [6.45, 7) is 3.65. The van der Waals surface area contributed by atoms with Gasteiger partial charge in [0.2, 0.25) is 0 Å². The molecule has 5 nitrogen and oxygen atoms in total. The number of rotatable bonds is 1. The van der Waals surface area contributed by atoms with Crippen LogP contribution in [0.1, 0.15) is 6.42 Å². The van der Waals surface area contributed by atoms with Crippen LogP contribution < -0.4 is 17.0 Å². The molecule has 5 N–H and O–H groups in total. The molecule has 0 atom stereocenters. The zero-order valence-electron chi connectivity index (χ0n) is 5.54. The van der Waals surface area contributed by atoms with Gasteiger partial charge in [0, 0.05) is 11.8 Å². The Labute approximate surface area is 59.3 Å². The molecule has 0 saturated carbocycles. The number of hydrazine groups is 2. The molecule has 0 aliphatic carbocycles. The molecule has 1 aliphatic heterocycles. The van der Waals surface area contributed by atoms with E-state index >= 15 is 0 Å². The summed E-state index contributed by atoms with van der Waals surface area (Å²) in [7, 11) is 0. The minimum atomic E-state index is 0.389. The maximum Gasteiger partial charge on any atom is 0.148 e. The first-order valence-electron chi connectivity index (χ1n) is 2.87. The minimum Gasteiger partial charge on any atom is -0.382 e. The van der Waals surface area contributed by atoms with Gasteiger partial charge in [-0.15, -0.1) is 10.3 Å². The van der Waals surface area contributed by atoms with Crippen molar-refractivity contribution in [3.63, 3.8) is 0 Å². The number of hydrogen-bond donors (Lipinski definition) is 3. The van der Waals surface area contributed by atoms with Gasteiger partial charge >= 0.3 is 0 Å². The molecule has 1 rings (SSSR count). The average molecular weight is 140 g/mol. The first-order valence-corrected chi connectivity index (χ1v) is 2.87. The van der Waals surface area contributed by atoms with Crippen LogP contribution in [0.4, 0.5) is 0 Å². The van der Waals surface area contributed by atoms with E-state index in [1.165, 1.54) is 0 Å². The molecule has 0 saturated heterocycles. The second kappa shape index (κ2) is 2.57. The van der Waals surface area contributed by atoms with Crippen LogP contribution in [0.15, 0.2) is 16.9 Å². The molecule has 55 valence electrons. The van der Waals surface area contributed by atoms with Gasteiger partial charge in [0.05, 0.1) is 0 Å². The Kier molecular flexibility index (Phi) is 1.77. The molecule has 0 fully saturated rings. The third-order valence-corrected chi connectivity index (χ3v) is 1.07. The van der Waals surface area contributed by atoms with Gasteiger partial charge in [0.25, 0.3) is 0 Å². The van der Waals surface area contributed by atoms with Crippen molar-refractivity contribution in [1.29, 1.82) is 0 Å². The summed E-state index contributed by atoms with van der Waals surface area (Å²) in [4.78, 5) is 0. The maximum absolute atomic E-state index is 5.38. The van der Waals surface area contributed by atoms with Crippen LogP contribution in [0.3, 0.4) is 0 Å². The van der Waals surface area contributed by atoms with Gasteiger partial charge in [-0.1, -0.05) is 0 Å². The molecule has 10 heavy (non-hydrogen) atoms. The molecule has 0 aromatic carbocycles. The Morgan fingerprint density at radius 1 is 1.80 bits per heavy atom. The largest absolute Gasteiger partial charge is 0.382 e. The highest BCUT2D eigenvalue weighted by atomic mass is 15.8. The first-order chi connectivity index (χ1) is 4.72. The quantitative estimate of drug-likeness (QED) is 0.411. The standard InChI is InChI=1S/C5H10N5/c1-2-4-3-5(6)9-10(7)8-4/h3,8H,1-2,7H2,(H2,6,9). The Morgan fingerprint density at radius 3 is 3.00 bits per heavy atom. The number of nitrogens with one attached hydrogen (secondary N) is 1. The molecule has 0 unspecified atom stereocenters. The summed E-state index contributed by atoms with van der Waals surface area (Å²) >= 11 is 0. The lowest BCUT2D eigenvalue weighted by molar-refractivity contribution is 0.223. The van der Waals surface area contributed by atoms with E-state index in [4.69, 9.17) is 11.6 Å². The topological polar surface area (TPSA) is 79.7 Å². The van der Waals surface area contributed by atoms with Crippen molar-refractivity contribution in [1.82, 2.24) is 10.7 Å². The van der Waals surface area contributed by atoms with Crippen LogP contribution in [0.5, 0.6) is 0 Å². The molecule has 1 radical (unpaired) electrons. The average Bonchev–Trinajstić information content (AvgIpc) is 1.85. The lowest BCUT2D eigenvalue weighted by Gasteiger charge is -2.20. The van der Waals surface area contributed by atoms with E-state index in [2.05, 4.69) is 17.5 Å². The lowest BCUT2D eigenvalue weighted by Crippen LogP contribution is -2.43. The van der Waals surface area contributed by atoms with E-state index in [1.807, 2.05) is 0 Å². The minimum absolute atomic E-state index is 0.389. The van der Waals surface area contributed by atoms with Crippen molar-refractivity contribution in [2.24, 2.45) is 16.7 Å². The van der Waals surface area contributed by atoms with Crippen molar-refractivity contribution >= 4 is 5.84 Å². The fraction of sp³-hybridized carbons (Fsp3) is 0.200. The zero-order valence-corrected chi connectivity index (χ0v) is 5.54. The Bertz CT molecular complexity index is 182. The van der Waals surface area contributed by atoms with E-state index < -0.39 is 0 Å². The van der Waals surface area contributed by atoms with Crippen molar-refractivity contribution in [3.8, 4) is 0 Å². The zero-order chi connectivity index (χ0) is 7.56. The van der Waals surface area contributed by atoms with Crippen LogP contribution >= 0.6 is 0 Å². The summed E-state index contributed by atoms with van der Waals surface area (Å²) in [5.74, 6) is 5.67. The van der Waals surface area contributed by atoms with Crippen LogP contribution in [-0.2, 0) is 0 Å². The molecular weight excluding hydrogens is 130 g/mol.